The molecule has 2 aromatic carbocycles. The Hall–Kier alpha value is -4.74. The first kappa shape index (κ1) is 25.9. The predicted octanol–water partition coefficient (Wildman–Crippen LogP) is 3.21. The van der Waals surface area contributed by atoms with E-state index in [1.807, 2.05) is 23.1 Å². The minimum absolute atomic E-state index is 0.0622. The number of non-ortho nitro benzene ring substituents is 1. The number of fused-ring (bicyclic) bond motifs is 1. The first-order chi connectivity index (χ1) is 18.8. The van der Waals surface area contributed by atoms with Crippen molar-refractivity contribution in [3.8, 4) is 5.75 Å². The number of carbonyl (C=O) groups is 2. The van der Waals surface area contributed by atoms with Gasteiger partial charge < -0.3 is 20.3 Å². The van der Waals surface area contributed by atoms with Crippen molar-refractivity contribution in [2.75, 3.05) is 35.7 Å². The van der Waals surface area contributed by atoms with Crippen LogP contribution in [0.4, 0.5) is 23.1 Å². The minimum atomic E-state index is -1.10. The molecule has 0 bridgehead atoms. The number of nitro groups is 1. The van der Waals surface area contributed by atoms with Gasteiger partial charge in [0.2, 0.25) is 17.8 Å². The Kier molecular flexibility index (Phi) is 7.26. The van der Waals surface area contributed by atoms with Crippen molar-refractivity contribution in [1.82, 2.24) is 9.97 Å². The third-order valence-corrected chi connectivity index (χ3v) is 7.19. The molecule has 3 aromatic rings. The lowest BCUT2D eigenvalue weighted by Crippen LogP contribution is -2.40. The molecule has 1 saturated heterocycles. The number of rotatable bonds is 7. The number of ether oxygens (including phenoxy) is 1. The number of aromatic amines is 1. The van der Waals surface area contributed by atoms with Crippen molar-refractivity contribution in [1.29, 1.82) is 0 Å². The van der Waals surface area contributed by atoms with Crippen molar-refractivity contribution in [2.45, 2.75) is 31.6 Å². The van der Waals surface area contributed by atoms with E-state index in [1.54, 1.807) is 0 Å². The Morgan fingerprint density at radius 2 is 1.92 bits per heavy atom. The van der Waals surface area contributed by atoms with E-state index < -0.39 is 28.2 Å². The number of aromatic nitrogens is 2. The molecule has 0 radical (unpaired) electrons. The van der Waals surface area contributed by atoms with Gasteiger partial charge in [-0.2, -0.15) is 4.98 Å². The third-order valence-electron chi connectivity index (χ3n) is 7.19. The maximum atomic E-state index is 13.2. The van der Waals surface area contributed by atoms with Gasteiger partial charge in [0.05, 0.1) is 35.3 Å². The molecule has 1 fully saturated rings. The molecule has 3 N–H and O–H groups in total. The standard InChI is InChI=1S/C27H28N6O6/c1-39-21-14-18(33(37)38)7-8-20(21)28-25(35)19-15-22(34)29-24-23(19)26(36)31-27(30-24)32-11-9-17(10-12-32)13-16-5-3-2-4-6-16/h2-8,14,17,19H,9-13,15H2,1H3,(H,28,35)(H2,29,30,31,34,36). The summed E-state index contributed by atoms with van der Waals surface area (Å²) < 4.78 is 5.18. The van der Waals surface area contributed by atoms with E-state index in [1.165, 1.54) is 30.9 Å². The highest BCUT2D eigenvalue weighted by molar-refractivity contribution is 6.05. The Labute approximate surface area is 223 Å². The molecule has 5 rings (SSSR count). The van der Waals surface area contributed by atoms with Crippen LogP contribution in [0.1, 0.15) is 36.3 Å². The molecule has 0 aliphatic carbocycles. The molecular weight excluding hydrogens is 504 g/mol. The number of H-pyrrole nitrogens is 1. The summed E-state index contributed by atoms with van der Waals surface area (Å²) in [6, 6.07) is 14.1. The lowest BCUT2D eigenvalue weighted by Gasteiger charge is -2.33. The first-order valence-corrected chi connectivity index (χ1v) is 12.7. The van der Waals surface area contributed by atoms with E-state index in [0.717, 1.165) is 19.3 Å². The lowest BCUT2D eigenvalue weighted by molar-refractivity contribution is -0.384. The molecule has 1 unspecified atom stereocenters. The maximum Gasteiger partial charge on any atom is 0.273 e. The summed E-state index contributed by atoms with van der Waals surface area (Å²) in [6.07, 6.45) is 2.62. The maximum absolute atomic E-state index is 13.2. The second-order valence-corrected chi connectivity index (χ2v) is 9.71. The van der Waals surface area contributed by atoms with E-state index in [2.05, 4.69) is 32.7 Å². The van der Waals surface area contributed by atoms with Gasteiger partial charge in [-0.25, -0.2) is 0 Å². The molecule has 12 heteroatoms. The molecule has 2 aliphatic rings. The lowest BCUT2D eigenvalue weighted by atomic mass is 9.90. The smallest absolute Gasteiger partial charge is 0.273 e. The SMILES string of the molecule is COc1cc([N+](=O)[O-])ccc1NC(=O)C1CC(=O)Nc2nc(N3CCC(Cc4ccccc4)CC3)[nH]c(=O)c21. The second kappa shape index (κ2) is 10.9. The number of nitrogens with one attached hydrogen (secondary N) is 3. The van der Waals surface area contributed by atoms with Gasteiger partial charge in [0.25, 0.3) is 11.2 Å². The van der Waals surface area contributed by atoms with Crippen LogP contribution < -0.4 is 25.8 Å². The zero-order valence-corrected chi connectivity index (χ0v) is 21.3. The van der Waals surface area contributed by atoms with Gasteiger partial charge in [0, 0.05) is 25.6 Å². The van der Waals surface area contributed by atoms with Gasteiger partial charge in [0.1, 0.15) is 11.6 Å². The van der Waals surface area contributed by atoms with Crippen molar-refractivity contribution < 1.29 is 19.2 Å². The zero-order valence-electron chi connectivity index (χ0n) is 21.3. The molecule has 3 heterocycles. The van der Waals surface area contributed by atoms with Crippen LogP contribution in [0.15, 0.2) is 53.3 Å². The molecule has 1 atom stereocenters. The number of benzene rings is 2. The number of hydrogen-bond donors (Lipinski definition) is 3. The summed E-state index contributed by atoms with van der Waals surface area (Å²) in [5.41, 5.74) is 0.840. The molecule has 202 valence electrons. The highest BCUT2D eigenvalue weighted by Gasteiger charge is 2.36. The largest absolute Gasteiger partial charge is 0.494 e. The third kappa shape index (κ3) is 5.59. The summed E-state index contributed by atoms with van der Waals surface area (Å²) in [7, 11) is 1.32. The van der Waals surface area contributed by atoms with Gasteiger partial charge in [-0.05, 0) is 36.8 Å². The summed E-state index contributed by atoms with van der Waals surface area (Å²) in [5, 5.41) is 16.3. The van der Waals surface area contributed by atoms with E-state index in [0.29, 0.717) is 25.0 Å². The summed E-state index contributed by atoms with van der Waals surface area (Å²) >= 11 is 0. The van der Waals surface area contributed by atoms with Crippen molar-refractivity contribution in [3.05, 3.63) is 80.1 Å². The van der Waals surface area contributed by atoms with E-state index in [9.17, 15) is 24.5 Å². The molecule has 0 spiro atoms. The highest BCUT2D eigenvalue weighted by Crippen LogP contribution is 2.34. The summed E-state index contributed by atoms with van der Waals surface area (Å²) in [5.74, 6) is -1.14. The number of nitrogens with zero attached hydrogens (tertiary/aromatic N) is 3. The summed E-state index contributed by atoms with van der Waals surface area (Å²) in [6.45, 7) is 1.41. The minimum Gasteiger partial charge on any atom is -0.494 e. The van der Waals surface area contributed by atoms with Crippen LogP contribution in [-0.4, -0.2) is 46.9 Å². The number of piperidine rings is 1. The molecule has 0 saturated carbocycles. The van der Waals surface area contributed by atoms with Crippen LogP contribution in [-0.2, 0) is 16.0 Å². The Morgan fingerprint density at radius 1 is 1.18 bits per heavy atom. The molecule has 12 nitrogen and oxygen atoms in total. The van der Waals surface area contributed by atoms with Gasteiger partial charge in [-0.15, -0.1) is 0 Å². The second-order valence-electron chi connectivity index (χ2n) is 9.71. The highest BCUT2D eigenvalue weighted by atomic mass is 16.6. The van der Waals surface area contributed by atoms with Crippen LogP contribution in [0.2, 0.25) is 0 Å². The molecule has 2 aliphatic heterocycles. The Bertz CT molecular complexity index is 1470. The van der Waals surface area contributed by atoms with Crippen LogP contribution in [0.3, 0.4) is 0 Å². The monoisotopic (exact) mass is 532 g/mol. The normalized spacial score (nSPS) is 17.2. The zero-order chi connectivity index (χ0) is 27.5. The van der Waals surface area contributed by atoms with Gasteiger partial charge in [0.15, 0.2) is 0 Å². The van der Waals surface area contributed by atoms with Crippen molar-refractivity contribution in [2.24, 2.45) is 5.92 Å². The fourth-order valence-electron chi connectivity index (χ4n) is 5.15. The van der Waals surface area contributed by atoms with Crippen LogP contribution in [0.25, 0.3) is 0 Å². The summed E-state index contributed by atoms with van der Waals surface area (Å²) in [4.78, 5) is 58.7. The quantitative estimate of drug-likeness (QED) is 0.309. The number of nitro benzene ring substituents is 1. The van der Waals surface area contributed by atoms with E-state index >= 15 is 0 Å². The molecular formula is C27H28N6O6. The number of hydrogen-bond acceptors (Lipinski definition) is 8. The number of anilines is 3. The fourth-order valence-corrected chi connectivity index (χ4v) is 5.15. The first-order valence-electron chi connectivity index (χ1n) is 12.7. The van der Waals surface area contributed by atoms with Gasteiger partial charge >= 0.3 is 0 Å². The average molecular weight is 533 g/mol. The van der Waals surface area contributed by atoms with Crippen LogP contribution in [0.5, 0.6) is 5.75 Å². The predicted molar refractivity (Wildman–Crippen MR) is 144 cm³/mol. The van der Waals surface area contributed by atoms with Crippen molar-refractivity contribution in [3.63, 3.8) is 0 Å². The van der Waals surface area contributed by atoms with E-state index in [-0.39, 0.29) is 34.9 Å². The number of amides is 2. The van der Waals surface area contributed by atoms with Crippen LogP contribution >= 0.6 is 0 Å². The Balaban J connectivity index is 1.33. The van der Waals surface area contributed by atoms with Crippen LogP contribution in [0, 0.1) is 16.0 Å². The van der Waals surface area contributed by atoms with E-state index in [4.69, 9.17) is 4.74 Å². The molecule has 2 amide bonds. The average Bonchev–Trinajstić information content (AvgIpc) is 2.93. The molecule has 1 aromatic heterocycles. The number of methoxy groups -OCH3 is 1. The van der Waals surface area contributed by atoms with Gasteiger partial charge in [-0.3, -0.25) is 29.5 Å². The Morgan fingerprint density at radius 3 is 2.62 bits per heavy atom. The van der Waals surface area contributed by atoms with Gasteiger partial charge in [-0.1, -0.05) is 30.3 Å². The molecule has 39 heavy (non-hydrogen) atoms. The number of carbonyl (C=O) groups excluding carboxylic acids is 2. The topological polar surface area (TPSA) is 160 Å². The fraction of sp³-hybridized carbons (Fsp3) is 0.333. The van der Waals surface area contributed by atoms with Crippen molar-refractivity contribution >= 4 is 35.0 Å².